The molecule has 0 atom stereocenters. The maximum absolute atomic E-state index is 5.80. The molecule has 0 amide bonds. The van der Waals surface area contributed by atoms with Gasteiger partial charge in [-0.25, -0.2) is 4.98 Å². The molecule has 0 unspecified atom stereocenters. The summed E-state index contributed by atoms with van der Waals surface area (Å²) in [5.74, 6) is 2.36. The lowest BCUT2D eigenvalue weighted by molar-refractivity contribution is 0.119. The molecule has 0 radical (unpaired) electrons. The molecule has 1 aliphatic heterocycles. The van der Waals surface area contributed by atoms with E-state index in [0.29, 0.717) is 6.04 Å². The van der Waals surface area contributed by atoms with Crippen LogP contribution < -0.4 is 15.4 Å². The topological polar surface area (TPSA) is 61.8 Å². The number of rotatable bonds is 7. The largest absolute Gasteiger partial charge is 0.477 e. The Bertz CT molecular complexity index is 667. The third-order valence-electron chi connectivity index (χ3n) is 6.61. The fraction of sp³-hybridized carbons (Fsp3) is 0.739. The number of hydrogen-bond acceptors (Lipinski definition) is 4. The fourth-order valence-corrected chi connectivity index (χ4v) is 4.56. The van der Waals surface area contributed by atoms with E-state index in [9.17, 15) is 0 Å². The Morgan fingerprint density at radius 1 is 1.13 bits per heavy atom. The number of piperidine rings is 1. The molecule has 1 aromatic heterocycles. The normalized spacial score (nSPS) is 21.7. The molecule has 1 aromatic rings. The first kappa shape index (κ1) is 23.6. The van der Waals surface area contributed by atoms with Crippen LogP contribution in [0.4, 0.5) is 0 Å². The van der Waals surface area contributed by atoms with Gasteiger partial charge in [-0.2, -0.15) is 0 Å². The SMILES string of the molecule is CN=C(NCc1ccnc(OCC2CC2)c1)NC1CCN(C2CCCCC2)CC1.I. The summed E-state index contributed by atoms with van der Waals surface area (Å²) >= 11 is 0. The van der Waals surface area contributed by atoms with Crippen LogP contribution in [0.5, 0.6) is 5.88 Å². The molecule has 3 fully saturated rings. The highest BCUT2D eigenvalue weighted by molar-refractivity contribution is 14.0. The predicted molar refractivity (Wildman–Crippen MR) is 133 cm³/mol. The van der Waals surface area contributed by atoms with Gasteiger partial charge in [0.2, 0.25) is 5.88 Å². The number of hydrogen-bond donors (Lipinski definition) is 2. The summed E-state index contributed by atoms with van der Waals surface area (Å²) in [4.78, 5) is 11.5. The van der Waals surface area contributed by atoms with Crippen LogP contribution in [0.3, 0.4) is 0 Å². The number of pyridine rings is 1. The van der Waals surface area contributed by atoms with Gasteiger partial charge < -0.3 is 20.3 Å². The molecule has 2 aliphatic carbocycles. The van der Waals surface area contributed by atoms with E-state index in [0.717, 1.165) is 37.0 Å². The number of guanidine groups is 1. The average molecular weight is 527 g/mol. The molecule has 6 nitrogen and oxygen atoms in total. The summed E-state index contributed by atoms with van der Waals surface area (Å²) < 4.78 is 5.80. The van der Waals surface area contributed by atoms with Gasteiger partial charge in [-0.05, 0) is 56.1 Å². The number of aliphatic imine (C=N–C) groups is 1. The molecular weight excluding hydrogens is 489 g/mol. The Labute approximate surface area is 198 Å². The number of ether oxygens (including phenoxy) is 1. The summed E-state index contributed by atoms with van der Waals surface area (Å²) in [7, 11) is 1.85. The Morgan fingerprint density at radius 2 is 1.90 bits per heavy atom. The summed E-state index contributed by atoms with van der Waals surface area (Å²) in [5.41, 5.74) is 1.17. The predicted octanol–water partition coefficient (Wildman–Crippen LogP) is 3.95. The number of likely N-dealkylation sites (tertiary alicyclic amines) is 1. The average Bonchev–Trinajstić information content (AvgIpc) is 3.61. The van der Waals surface area contributed by atoms with Crippen molar-refractivity contribution in [2.75, 3.05) is 26.7 Å². The Kier molecular flexibility index (Phi) is 9.49. The first-order valence-corrected chi connectivity index (χ1v) is 11.6. The Morgan fingerprint density at radius 3 is 2.60 bits per heavy atom. The first-order valence-electron chi connectivity index (χ1n) is 11.6. The zero-order valence-corrected chi connectivity index (χ0v) is 20.6. The number of nitrogens with zero attached hydrogens (tertiary/aromatic N) is 3. The molecule has 168 valence electrons. The van der Waals surface area contributed by atoms with Gasteiger partial charge in [0.1, 0.15) is 0 Å². The van der Waals surface area contributed by atoms with E-state index in [2.05, 4.69) is 25.5 Å². The van der Waals surface area contributed by atoms with E-state index in [1.807, 2.05) is 25.4 Å². The van der Waals surface area contributed by atoms with Crippen molar-refractivity contribution in [1.82, 2.24) is 20.5 Å². The maximum atomic E-state index is 5.80. The zero-order chi connectivity index (χ0) is 19.9. The minimum atomic E-state index is 0. The van der Waals surface area contributed by atoms with Crippen LogP contribution in [0.2, 0.25) is 0 Å². The van der Waals surface area contributed by atoms with E-state index in [1.165, 1.54) is 76.4 Å². The molecule has 7 heteroatoms. The molecule has 0 spiro atoms. The highest BCUT2D eigenvalue weighted by Crippen LogP contribution is 2.29. The molecular formula is C23H38IN5O. The van der Waals surface area contributed by atoms with E-state index in [-0.39, 0.29) is 24.0 Å². The highest BCUT2D eigenvalue weighted by atomic mass is 127. The van der Waals surface area contributed by atoms with Crippen LogP contribution in [-0.2, 0) is 6.54 Å². The van der Waals surface area contributed by atoms with Gasteiger partial charge in [-0.15, -0.1) is 24.0 Å². The second kappa shape index (κ2) is 12.1. The lowest BCUT2D eigenvalue weighted by Gasteiger charge is -2.39. The van der Waals surface area contributed by atoms with Crippen molar-refractivity contribution in [3.63, 3.8) is 0 Å². The monoisotopic (exact) mass is 527 g/mol. The second-order valence-corrected chi connectivity index (χ2v) is 8.93. The van der Waals surface area contributed by atoms with Crippen LogP contribution in [0.15, 0.2) is 23.3 Å². The Hall–Kier alpha value is -1.09. The van der Waals surface area contributed by atoms with Gasteiger partial charge in [0.05, 0.1) is 6.61 Å². The molecule has 30 heavy (non-hydrogen) atoms. The minimum Gasteiger partial charge on any atom is -0.477 e. The quantitative estimate of drug-likeness (QED) is 0.320. The van der Waals surface area contributed by atoms with Gasteiger partial charge in [-0.1, -0.05) is 19.3 Å². The maximum Gasteiger partial charge on any atom is 0.213 e. The van der Waals surface area contributed by atoms with Crippen LogP contribution >= 0.6 is 24.0 Å². The third-order valence-corrected chi connectivity index (χ3v) is 6.61. The molecule has 2 saturated carbocycles. The van der Waals surface area contributed by atoms with Crippen molar-refractivity contribution in [1.29, 1.82) is 0 Å². The van der Waals surface area contributed by atoms with Gasteiger partial charge >= 0.3 is 0 Å². The van der Waals surface area contributed by atoms with Crippen molar-refractivity contribution >= 4 is 29.9 Å². The van der Waals surface area contributed by atoms with Gasteiger partial charge in [-0.3, -0.25) is 4.99 Å². The standard InChI is InChI=1S/C23H37N5O.HI/c1-24-23(26-16-19-9-12-25-22(15-19)29-17-18-7-8-18)27-20-10-13-28(14-11-20)21-5-3-2-4-6-21;/h9,12,15,18,20-21H,2-8,10-11,13-14,16-17H2,1H3,(H2,24,26,27);1H. The smallest absolute Gasteiger partial charge is 0.213 e. The van der Waals surface area contributed by atoms with Gasteiger partial charge in [0.15, 0.2) is 5.96 Å². The fourth-order valence-electron chi connectivity index (χ4n) is 4.56. The van der Waals surface area contributed by atoms with E-state index < -0.39 is 0 Å². The van der Waals surface area contributed by atoms with E-state index in [1.54, 1.807) is 0 Å². The zero-order valence-electron chi connectivity index (χ0n) is 18.3. The van der Waals surface area contributed by atoms with Crippen LogP contribution in [0.1, 0.15) is 63.4 Å². The van der Waals surface area contributed by atoms with Crippen LogP contribution in [0.25, 0.3) is 0 Å². The minimum absolute atomic E-state index is 0. The summed E-state index contributed by atoms with van der Waals surface area (Å²) in [6.45, 7) is 3.95. The summed E-state index contributed by atoms with van der Waals surface area (Å²) in [6, 6.07) is 5.42. The lowest BCUT2D eigenvalue weighted by atomic mass is 9.92. The highest BCUT2D eigenvalue weighted by Gasteiger charge is 2.26. The van der Waals surface area contributed by atoms with Crippen molar-refractivity contribution in [2.24, 2.45) is 10.9 Å². The van der Waals surface area contributed by atoms with Crippen molar-refractivity contribution in [3.05, 3.63) is 23.9 Å². The summed E-state index contributed by atoms with van der Waals surface area (Å²) in [6.07, 6.45) is 13.9. The summed E-state index contributed by atoms with van der Waals surface area (Å²) in [5, 5.41) is 7.08. The first-order chi connectivity index (χ1) is 14.3. The molecule has 2 heterocycles. The molecule has 0 bridgehead atoms. The molecule has 0 aromatic carbocycles. The van der Waals surface area contributed by atoms with Crippen molar-refractivity contribution in [3.8, 4) is 5.88 Å². The van der Waals surface area contributed by atoms with Crippen LogP contribution in [0, 0.1) is 5.92 Å². The molecule has 1 saturated heterocycles. The van der Waals surface area contributed by atoms with Crippen LogP contribution in [-0.4, -0.2) is 54.7 Å². The molecule has 2 N–H and O–H groups in total. The van der Waals surface area contributed by atoms with Gasteiger partial charge in [0.25, 0.3) is 0 Å². The van der Waals surface area contributed by atoms with E-state index >= 15 is 0 Å². The number of aromatic nitrogens is 1. The lowest BCUT2D eigenvalue weighted by Crippen LogP contribution is -2.50. The molecule has 4 rings (SSSR count). The Balaban J connectivity index is 0.00000256. The van der Waals surface area contributed by atoms with Crippen molar-refractivity contribution < 1.29 is 4.74 Å². The number of nitrogens with one attached hydrogen (secondary N) is 2. The van der Waals surface area contributed by atoms with Crippen molar-refractivity contribution in [2.45, 2.75) is 76.4 Å². The number of halogens is 1. The third kappa shape index (κ3) is 7.25. The molecule has 3 aliphatic rings. The second-order valence-electron chi connectivity index (χ2n) is 8.93. The van der Waals surface area contributed by atoms with E-state index in [4.69, 9.17) is 4.74 Å². The van der Waals surface area contributed by atoms with Gasteiger partial charge in [0, 0.05) is 51.0 Å².